The van der Waals surface area contributed by atoms with Crippen LogP contribution in [0.1, 0.15) is 0 Å². The molecule has 0 atom stereocenters. The third-order valence-corrected chi connectivity index (χ3v) is 3.27. The van der Waals surface area contributed by atoms with Crippen molar-refractivity contribution in [3.63, 3.8) is 0 Å². The second kappa shape index (κ2) is 4.75. The fourth-order valence-electron chi connectivity index (χ4n) is 0.882. The predicted octanol–water partition coefficient (Wildman–Crippen LogP) is 0.901. The van der Waals surface area contributed by atoms with Gasteiger partial charge in [-0.05, 0) is 24.3 Å². The molecule has 0 heterocycles. The summed E-state index contributed by atoms with van der Waals surface area (Å²) in [6, 6.07) is 5.87. The van der Waals surface area contributed by atoms with Crippen molar-refractivity contribution in [2.75, 3.05) is 13.1 Å². The number of halogens is 1. The Kier molecular flexibility index (Phi) is 3.88. The van der Waals surface area contributed by atoms with Crippen LogP contribution in [0.2, 0.25) is 5.02 Å². The summed E-state index contributed by atoms with van der Waals surface area (Å²) in [7, 11) is -3.47. The fourth-order valence-corrected chi connectivity index (χ4v) is 2.04. The van der Waals surface area contributed by atoms with E-state index in [1.54, 1.807) is 0 Å². The maximum Gasteiger partial charge on any atom is 0.240 e. The number of hydrogen-bond donors (Lipinski definition) is 1. The molecule has 4 nitrogen and oxygen atoms in total. The van der Waals surface area contributed by atoms with Gasteiger partial charge in [0.15, 0.2) is 0 Å². The van der Waals surface area contributed by atoms with Crippen LogP contribution < -0.4 is 10.5 Å². The molecule has 77 valence electrons. The molecule has 0 aliphatic rings. The normalized spacial score (nSPS) is 11.6. The molecular weight excluding hydrogens is 224 g/mol. The lowest BCUT2D eigenvalue weighted by Gasteiger charge is -2.04. The summed E-state index contributed by atoms with van der Waals surface area (Å²) in [5, 5.41) is 0.490. The highest BCUT2D eigenvalue weighted by molar-refractivity contribution is 7.89. The summed E-state index contributed by atoms with van der Waals surface area (Å²) in [5.74, 6) is 0. The SMILES string of the molecule is [NH]CCNS(=O)(=O)c1ccc(Cl)cc1. The standard InChI is InChI=1S/C8H10ClN2O2S/c9-7-1-3-8(4-2-7)14(12,13)11-6-5-10/h1-4,10-11H,5-6H2. The van der Waals surface area contributed by atoms with E-state index >= 15 is 0 Å². The molecule has 6 heteroatoms. The minimum atomic E-state index is -3.47. The van der Waals surface area contributed by atoms with Gasteiger partial charge in [-0.2, -0.15) is 0 Å². The van der Waals surface area contributed by atoms with Gasteiger partial charge in [0.25, 0.3) is 0 Å². The van der Waals surface area contributed by atoms with E-state index in [9.17, 15) is 8.42 Å². The van der Waals surface area contributed by atoms with Crippen LogP contribution in [0, 0.1) is 0 Å². The highest BCUT2D eigenvalue weighted by Crippen LogP contribution is 2.13. The Labute approximate surface area is 88.1 Å². The monoisotopic (exact) mass is 233 g/mol. The summed E-state index contributed by atoms with van der Waals surface area (Å²) < 4.78 is 25.2. The van der Waals surface area contributed by atoms with Gasteiger partial charge in [-0.25, -0.2) is 13.1 Å². The highest BCUT2D eigenvalue weighted by atomic mass is 35.5. The molecule has 0 aliphatic carbocycles. The van der Waals surface area contributed by atoms with Gasteiger partial charge in [0.2, 0.25) is 10.0 Å². The maximum absolute atomic E-state index is 11.5. The molecule has 0 fully saturated rings. The topological polar surface area (TPSA) is 70.0 Å². The van der Waals surface area contributed by atoms with Gasteiger partial charge in [-0.3, -0.25) is 5.73 Å². The van der Waals surface area contributed by atoms with Gasteiger partial charge >= 0.3 is 0 Å². The Bertz CT molecular complexity index is 388. The zero-order valence-corrected chi connectivity index (χ0v) is 8.90. The molecule has 0 amide bonds. The minimum Gasteiger partial charge on any atom is -0.256 e. The van der Waals surface area contributed by atoms with Crippen molar-refractivity contribution in [2.45, 2.75) is 4.90 Å². The van der Waals surface area contributed by atoms with Crippen LogP contribution in [0.4, 0.5) is 0 Å². The van der Waals surface area contributed by atoms with Crippen LogP contribution in [-0.2, 0) is 10.0 Å². The molecule has 0 spiro atoms. The van der Waals surface area contributed by atoms with Crippen molar-refractivity contribution < 1.29 is 8.42 Å². The second-order valence-corrected chi connectivity index (χ2v) is 4.81. The summed E-state index contributed by atoms with van der Waals surface area (Å²) in [5.41, 5.74) is 6.83. The summed E-state index contributed by atoms with van der Waals surface area (Å²) in [4.78, 5) is 0.162. The first-order valence-electron chi connectivity index (χ1n) is 3.96. The van der Waals surface area contributed by atoms with E-state index in [-0.39, 0.29) is 18.0 Å². The van der Waals surface area contributed by atoms with Gasteiger partial charge < -0.3 is 0 Å². The first kappa shape index (κ1) is 11.5. The van der Waals surface area contributed by atoms with Crippen LogP contribution in [0.25, 0.3) is 0 Å². The molecule has 2 N–H and O–H groups in total. The lowest BCUT2D eigenvalue weighted by atomic mass is 10.4. The number of hydrogen-bond acceptors (Lipinski definition) is 2. The van der Waals surface area contributed by atoms with Crippen LogP contribution in [0.5, 0.6) is 0 Å². The zero-order chi connectivity index (χ0) is 10.6. The first-order valence-corrected chi connectivity index (χ1v) is 5.82. The van der Waals surface area contributed by atoms with E-state index in [2.05, 4.69) is 4.72 Å². The van der Waals surface area contributed by atoms with Gasteiger partial charge in [0.05, 0.1) is 4.90 Å². The predicted molar refractivity (Wildman–Crippen MR) is 54.6 cm³/mol. The highest BCUT2D eigenvalue weighted by Gasteiger charge is 2.11. The average Bonchev–Trinajstić information content (AvgIpc) is 2.16. The molecule has 0 unspecified atom stereocenters. The molecule has 1 aromatic carbocycles. The van der Waals surface area contributed by atoms with E-state index in [0.717, 1.165) is 0 Å². The fraction of sp³-hybridized carbons (Fsp3) is 0.250. The molecular formula is C8H10ClN2O2S. The molecule has 1 rings (SSSR count). The Hall–Kier alpha value is -0.620. The van der Waals surface area contributed by atoms with Crippen molar-refractivity contribution in [2.24, 2.45) is 0 Å². The van der Waals surface area contributed by atoms with Gasteiger partial charge in [0, 0.05) is 18.1 Å². The smallest absolute Gasteiger partial charge is 0.240 e. The third kappa shape index (κ3) is 2.95. The Morgan fingerprint density at radius 1 is 1.29 bits per heavy atom. The Morgan fingerprint density at radius 2 is 1.86 bits per heavy atom. The number of benzene rings is 1. The average molecular weight is 234 g/mol. The van der Waals surface area contributed by atoms with Gasteiger partial charge in [0.1, 0.15) is 0 Å². The molecule has 0 saturated heterocycles. The quantitative estimate of drug-likeness (QED) is 0.840. The summed E-state index contributed by atoms with van der Waals surface area (Å²) in [6.45, 7) is 0.137. The van der Waals surface area contributed by atoms with E-state index in [0.29, 0.717) is 5.02 Å². The lowest BCUT2D eigenvalue weighted by molar-refractivity contribution is 0.582. The number of rotatable bonds is 4. The van der Waals surface area contributed by atoms with E-state index in [4.69, 9.17) is 17.3 Å². The molecule has 0 bridgehead atoms. The summed E-state index contributed by atoms with van der Waals surface area (Å²) in [6.07, 6.45) is 0. The molecule has 1 aromatic rings. The second-order valence-electron chi connectivity index (χ2n) is 2.60. The summed E-state index contributed by atoms with van der Waals surface area (Å²) >= 11 is 5.62. The van der Waals surface area contributed by atoms with Crippen LogP contribution in [0.15, 0.2) is 29.2 Å². The molecule has 14 heavy (non-hydrogen) atoms. The van der Waals surface area contributed by atoms with Crippen LogP contribution >= 0.6 is 11.6 Å². The number of sulfonamides is 1. The first-order chi connectivity index (χ1) is 6.56. The largest absolute Gasteiger partial charge is 0.256 e. The lowest BCUT2D eigenvalue weighted by Crippen LogP contribution is -2.26. The van der Waals surface area contributed by atoms with Crippen molar-refractivity contribution in [3.8, 4) is 0 Å². The Balaban J connectivity index is 2.87. The van der Waals surface area contributed by atoms with Crippen LogP contribution in [-0.4, -0.2) is 21.5 Å². The van der Waals surface area contributed by atoms with Crippen molar-refractivity contribution in [1.82, 2.24) is 10.5 Å². The van der Waals surface area contributed by atoms with Gasteiger partial charge in [-0.15, -0.1) is 0 Å². The van der Waals surface area contributed by atoms with Crippen molar-refractivity contribution in [1.29, 1.82) is 0 Å². The van der Waals surface area contributed by atoms with E-state index in [1.807, 2.05) is 0 Å². The van der Waals surface area contributed by atoms with E-state index < -0.39 is 10.0 Å². The van der Waals surface area contributed by atoms with Crippen molar-refractivity contribution in [3.05, 3.63) is 29.3 Å². The molecule has 0 aromatic heterocycles. The maximum atomic E-state index is 11.5. The minimum absolute atomic E-state index is 0.0207. The molecule has 0 aliphatic heterocycles. The van der Waals surface area contributed by atoms with Crippen LogP contribution in [0.3, 0.4) is 0 Å². The molecule has 1 radical (unpaired) electrons. The third-order valence-electron chi connectivity index (χ3n) is 1.54. The van der Waals surface area contributed by atoms with Crippen molar-refractivity contribution >= 4 is 21.6 Å². The molecule has 0 saturated carbocycles. The zero-order valence-electron chi connectivity index (χ0n) is 7.33. The van der Waals surface area contributed by atoms with Gasteiger partial charge in [-0.1, -0.05) is 11.6 Å². The number of nitrogens with one attached hydrogen (secondary N) is 2. The van der Waals surface area contributed by atoms with E-state index in [1.165, 1.54) is 24.3 Å². The Morgan fingerprint density at radius 3 is 2.36 bits per heavy atom.